The molecule has 2 rings (SSSR count). The van der Waals surface area contributed by atoms with E-state index >= 15 is 0 Å². The van der Waals surface area contributed by atoms with Gasteiger partial charge in [-0.15, -0.1) is 0 Å². The summed E-state index contributed by atoms with van der Waals surface area (Å²) in [5, 5.41) is 9.20. The van der Waals surface area contributed by atoms with Crippen LogP contribution in [-0.2, 0) is 6.42 Å². The zero-order valence-electron chi connectivity index (χ0n) is 10.8. The molecule has 0 radical (unpaired) electrons. The molecule has 0 N–H and O–H groups in total. The Balaban J connectivity index is 2.36. The minimum absolute atomic E-state index is 0.146. The van der Waals surface area contributed by atoms with Gasteiger partial charge < -0.3 is 4.90 Å². The Labute approximate surface area is 103 Å². The molecular formula is C14H19N3. The molecule has 17 heavy (non-hydrogen) atoms. The Bertz CT molecular complexity index is 445. The van der Waals surface area contributed by atoms with Crippen molar-refractivity contribution in [3.05, 3.63) is 29.3 Å². The van der Waals surface area contributed by atoms with Gasteiger partial charge in [0.2, 0.25) is 0 Å². The SMILES string of the molecule is CN1CCCc2cc(C(C#N)N(C)C)ccc21. The fraction of sp³-hybridized carbons (Fsp3) is 0.500. The van der Waals surface area contributed by atoms with Crippen LogP contribution in [0.4, 0.5) is 5.69 Å². The van der Waals surface area contributed by atoms with Gasteiger partial charge in [-0.25, -0.2) is 0 Å². The molecule has 0 aliphatic carbocycles. The summed E-state index contributed by atoms with van der Waals surface area (Å²) in [6.07, 6.45) is 2.32. The van der Waals surface area contributed by atoms with Crippen molar-refractivity contribution in [2.45, 2.75) is 18.9 Å². The number of rotatable bonds is 2. The molecule has 1 aromatic carbocycles. The van der Waals surface area contributed by atoms with Crippen LogP contribution in [0.3, 0.4) is 0 Å². The van der Waals surface area contributed by atoms with E-state index in [9.17, 15) is 5.26 Å². The van der Waals surface area contributed by atoms with E-state index in [1.807, 2.05) is 19.0 Å². The van der Waals surface area contributed by atoms with Crippen molar-refractivity contribution < 1.29 is 0 Å². The van der Waals surface area contributed by atoms with Crippen molar-refractivity contribution in [1.82, 2.24) is 4.90 Å². The van der Waals surface area contributed by atoms with Crippen LogP contribution in [0.15, 0.2) is 18.2 Å². The molecule has 1 aromatic rings. The molecule has 0 fully saturated rings. The van der Waals surface area contributed by atoms with Crippen LogP contribution in [-0.4, -0.2) is 32.6 Å². The van der Waals surface area contributed by atoms with E-state index in [2.05, 4.69) is 36.2 Å². The Kier molecular flexibility index (Phi) is 3.35. The van der Waals surface area contributed by atoms with E-state index in [0.717, 1.165) is 18.5 Å². The summed E-state index contributed by atoms with van der Waals surface area (Å²) in [4.78, 5) is 4.24. The topological polar surface area (TPSA) is 30.3 Å². The second-order valence-electron chi connectivity index (χ2n) is 4.91. The fourth-order valence-corrected chi connectivity index (χ4v) is 2.46. The molecule has 1 aliphatic heterocycles. The Hall–Kier alpha value is -1.53. The highest BCUT2D eigenvalue weighted by Crippen LogP contribution is 2.29. The zero-order valence-corrected chi connectivity index (χ0v) is 10.8. The number of aryl methyl sites for hydroxylation is 1. The quantitative estimate of drug-likeness (QED) is 0.778. The number of hydrogen-bond donors (Lipinski definition) is 0. The van der Waals surface area contributed by atoms with E-state index in [-0.39, 0.29) is 6.04 Å². The van der Waals surface area contributed by atoms with Crippen LogP contribution in [0.25, 0.3) is 0 Å². The van der Waals surface area contributed by atoms with Crippen molar-refractivity contribution in [2.75, 3.05) is 32.6 Å². The summed E-state index contributed by atoms with van der Waals surface area (Å²) < 4.78 is 0. The summed E-state index contributed by atoms with van der Waals surface area (Å²) in [6.45, 7) is 1.13. The van der Waals surface area contributed by atoms with Crippen molar-refractivity contribution in [2.24, 2.45) is 0 Å². The van der Waals surface area contributed by atoms with Crippen molar-refractivity contribution >= 4 is 5.69 Å². The van der Waals surface area contributed by atoms with Gasteiger partial charge in [-0.2, -0.15) is 5.26 Å². The standard InChI is InChI=1S/C14H19N3/c1-16(2)14(10-15)12-6-7-13-11(9-12)5-4-8-17(13)3/h6-7,9,14H,4-5,8H2,1-3H3. The van der Waals surface area contributed by atoms with Crippen LogP contribution in [0, 0.1) is 11.3 Å². The highest BCUT2D eigenvalue weighted by atomic mass is 15.1. The monoisotopic (exact) mass is 229 g/mol. The molecular weight excluding hydrogens is 210 g/mol. The minimum atomic E-state index is -0.146. The number of nitrogens with zero attached hydrogens (tertiary/aromatic N) is 3. The van der Waals surface area contributed by atoms with Crippen molar-refractivity contribution in [1.29, 1.82) is 5.26 Å². The third-order valence-electron chi connectivity index (χ3n) is 3.41. The number of fused-ring (bicyclic) bond motifs is 1. The van der Waals surface area contributed by atoms with Gasteiger partial charge in [0.05, 0.1) is 6.07 Å². The highest BCUT2D eigenvalue weighted by Gasteiger charge is 2.18. The predicted octanol–water partition coefficient (Wildman–Crippen LogP) is 2.20. The number of anilines is 1. The Morgan fingerprint density at radius 2 is 2.18 bits per heavy atom. The lowest BCUT2D eigenvalue weighted by atomic mass is 9.97. The van der Waals surface area contributed by atoms with Gasteiger partial charge in [-0.05, 0) is 44.1 Å². The first-order valence-electron chi connectivity index (χ1n) is 6.03. The number of nitriles is 1. The van der Waals surface area contributed by atoms with E-state index in [1.165, 1.54) is 17.7 Å². The van der Waals surface area contributed by atoms with E-state index in [0.29, 0.717) is 0 Å². The third-order valence-corrected chi connectivity index (χ3v) is 3.41. The van der Waals surface area contributed by atoms with E-state index in [4.69, 9.17) is 0 Å². The van der Waals surface area contributed by atoms with E-state index in [1.54, 1.807) is 0 Å². The molecule has 0 saturated heterocycles. The lowest BCUT2D eigenvalue weighted by molar-refractivity contribution is 0.358. The lowest BCUT2D eigenvalue weighted by Gasteiger charge is -2.28. The van der Waals surface area contributed by atoms with Crippen LogP contribution in [0.5, 0.6) is 0 Å². The molecule has 0 amide bonds. The van der Waals surface area contributed by atoms with Gasteiger partial charge in [0, 0.05) is 19.3 Å². The van der Waals surface area contributed by atoms with Crippen LogP contribution in [0.2, 0.25) is 0 Å². The zero-order chi connectivity index (χ0) is 12.4. The number of benzene rings is 1. The average Bonchev–Trinajstić information content (AvgIpc) is 2.29. The largest absolute Gasteiger partial charge is 0.374 e. The third kappa shape index (κ3) is 2.27. The summed E-state index contributed by atoms with van der Waals surface area (Å²) in [6, 6.07) is 8.62. The maximum absolute atomic E-state index is 9.20. The molecule has 0 saturated carbocycles. The maximum atomic E-state index is 9.20. The molecule has 1 atom stereocenters. The normalized spacial score (nSPS) is 16.5. The maximum Gasteiger partial charge on any atom is 0.123 e. The molecule has 0 spiro atoms. The summed E-state index contributed by atoms with van der Waals surface area (Å²) >= 11 is 0. The summed E-state index contributed by atoms with van der Waals surface area (Å²) in [5.74, 6) is 0. The van der Waals surface area contributed by atoms with Gasteiger partial charge in [0.15, 0.2) is 0 Å². The molecule has 90 valence electrons. The molecule has 1 heterocycles. The first-order valence-corrected chi connectivity index (χ1v) is 6.03. The molecule has 1 unspecified atom stereocenters. The second-order valence-corrected chi connectivity index (χ2v) is 4.91. The lowest BCUT2D eigenvalue weighted by Crippen LogP contribution is -2.25. The first-order chi connectivity index (χ1) is 8.13. The Morgan fingerprint density at radius 3 is 2.82 bits per heavy atom. The molecule has 3 heteroatoms. The second kappa shape index (κ2) is 4.77. The average molecular weight is 229 g/mol. The number of hydrogen-bond acceptors (Lipinski definition) is 3. The van der Waals surface area contributed by atoms with Crippen LogP contribution >= 0.6 is 0 Å². The van der Waals surface area contributed by atoms with Crippen LogP contribution in [0.1, 0.15) is 23.6 Å². The van der Waals surface area contributed by atoms with Crippen LogP contribution < -0.4 is 4.90 Å². The molecule has 0 aromatic heterocycles. The van der Waals surface area contributed by atoms with Gasteiger partial charge in [0.1, 0.15) is 6.04 Å². The molecule has 0 bridgehead atoms. The Morgan fingerprint density at radius 1 is 1.41 bits per heavy atom. The molecule has 1 aliphatic rings. The molecule has 3 nitrogen and oxygen atoms in total. The highest BCUT2D eigenvalue weighted by molar-refractivity contribution is 5.56. The first kappa shape index (κ1) is 11.9. The van der Waals surface area contributed by atoms with Gasteiger partial charge >= 0.3 is 0 Å². The van der Waals surface area contributed by atoms with Gasteiger partial charge in [0.25, 0.3) is 0 Å². The fourth-order valence-electron chi connectivity index (χ4n) is 2.46. The smallest absolute Gasteiger partial charge is 0.123 e. The summed E-state index contributed by atoms with van der Waals surface area (Å²) in [7, 11) is 6.02. The predicted molar refractivity (Wildman–Crippen MR) is 70.1 cm³/mol. The van der Waals surface area contributed by atoms with Crippen molar-refractivity contribution in [3.63, 3.8) is 0 Å². The minimum Gasteiger partial charge on any atom is -0.374 e. The van der Waals surface area contributed by atoms with Gasteiger partial charge in [-0.3, -0.25) is 4.90 Å². The van der Waals surface area contributed by atoms with E-state index < -0.39 is 0 Å². The van der Waals surface area contributed by atoms with Gasteiger partial charge in [-0.1, -0.05) is 12.1 Å². The van der Waals surface area contributed by atoms with Crippen molar-refractivity contribution in [3.8, 4) is 6.07 Å². The summed E-state index contributed by atoms with van der Waals surface area (Å²) in [5.41, 5.74) is 3.79.